The molecule has 0 bridgehead atoms. The van der Waals surface area contributed by atoms with E-state index in [0.717, 1.165) is 29.2 Å². The number of anilines is 2. The van der Waals surface area contributed by atoms with Crippen molar-refractivity contribution in [1.29, 1.82) is 0 Å². The largest absolute Gasteiger partial charge is 0.417 e. The van der Waals surface area contributed by atoms with Crippen molar-refractivity contribution in [3.05, 3.63) is 124 Å². The lowest BCUT2D eigenvalue weighted by molar-refractivity contribution is -0.137. The molecule has 39 heavy (non-hydrogen) atoms. The van der Waals surface area contributed by atoms with Crippen molar-refractivity contribution in [2.75, 3.05) is 10.0 Å². The molecule has 0 saturated carbocycles. The van der Waals surface area contributed by atoms with Crippen LogP contribution < -0.4 is 10.0 Å². The number of carbonyl (C=O) groups is 1. The molecule has 202 valence electrons. The molecule has 4 aromatic rings. The zero-order chi connectivity index (χ0) is 28.0. The molecule has 0 unspecified atom stereocenters. The maximum Gasteiger partial charge on any atom is 0.417 e. The van der Waals surface area contributed by atoms with Crippen LogP contribution in [-0.2, 0) is 27.7 Å². The van der Waals surface area contributed by atoms with Crippen molar-refractivity contribution < 1.29 is 26.4 Å². The number of sulfonamides is 1. The molecule has 4 rings (SSSR count). The summed E-state index contributed by atoms with van der Waals surface area (Å²) in [6, 6.07) is 25.3. The number of thioether (sulfide) groups is 1. The van der Waals surface area contributed by atoms with Crippen LogP contribution in [0.5, 0.6) is 0 Å². The van der Waals surface area contributed by atoms with Crippen LogP contribution in [-0.4, -0.2) is 14.3 Å². The number of hydrogen-bond donors (Lipinski definition) is 2. The number of halogens is 4. The van der Waals surface area contributed by atoms with Gasteiger partial charge < -0.3 is 5.32 Å². The van der Waals surface area contributed by atoms with Crippen LogP contribution in [0.1, 0.15) is 27.0 Å². The number of hydrogen-bond acceptors (Lipinski definition) is 4. The highest BCUT2D eigenvalue weighted by Crippen LogP contribution is 2.36. The summed E-state index contributed by atoms with van der Waals surface area (Å²) in [6.45, 7) is 0. The van der Waals surface area contributed by atoms with Crippen LogP contribution in [0.4, 0.5) is 24.5 Å². The van der Waals surface area contributed by atoms with Crippen LogP contribution in [0.15, 0.2) is 102 Å². The predicted molar refractivity (Wildman–Crippen MR) is 150 cm³/mol. The highest BCUT2D eigenvalue weighted by atomic mass is 35.5. The minimum absolute atomic E-state index is 0.193. The molecule has 0 aliphatic carbocycles. The molecule has 0 fully saturated rings. The molecule has 0 heterocycles. The molecule has 1 amide bonds. The standard InChI is InChI=1S/C28H22ClF3N2O3S2/c29-26-15-12-23(16-25(26)28(30,31)32)34-39(36,37)24-13-10-22(11-14-24)33-27(35)21-8-6-20(7-9-21)18-38-17-19-4-2-1-3-5-19/h1-16,34H,17-18H2,(H,33,35). The minimum atomic E-state index is -4.74. The number of benzene rings is 4. The zero-order valence-electron chi connectivity index (χ0n) is 20.2. The van der Waals surface area contributed by atoms with Crippen molar-refractivity contribution in [2.45, 2.75) is 22.6 Å². The maximum absolute atomic E-state index is 13.1. The first-order valence-corrected chi connectivity index (χ1v) is 14.5. The number of nitrogens with one attached hydrogen (secondary N) is 2. The molecule has 0 saturated heterocycles. The average Bonchev–Trinajstić information content (AvgIpc) is 2.90. The zero-order valence-corrected chi connectivity index (χ0v) is 22.6. The Balaban J connectivity index is 1.35. The summed E-state index contributed by atoms with van der Waals surface area (Å²) >= 11 is 7.36. The minimum Gasteiger partial charge on any atom is -0.322 e. The van der Waals surface area contributed by atoms with E-state index in [4.69, 9.17) is 11.6 Å². The molecule has 5 nitrogen and oxygen atoms in total. The lowest BCUT2D eigenvalue weighted by Gasteiger charge is -2.13. The average molecular weight is 591 g/mol. The number of alkyl halides is 3. The normalized spacial score (nSPS) is 11.7. The topological polar surface area (TPSA) is 75.3 Å². The first kappa shape index (κ1) is 28.5. The van der Waals surface area contributed by atoms with Gasteiger partial charge in [0.1, 0.15) is 0 Å². The smallest absolute Gasteiger partial charge is 0.322 e. The van der Waals surface area contributed by atoms with Crippen LogP contribution in [0.25, 0.3) is 0 Å². The quantitative estimate of drug-likeness (QED) is 0.208. The molecule has 0 aliphatic heterocycles. The molecule has 0 spiro atoms. The second-order valence-corrected chi connectivity index (χ2v) is 11.5. The van der Waals surface area contributed by atoms with Gasteiger partial charge in [0, 0.05) is 28.4 Å². The Kier molecular flexibility index (Phi) is 8.89. The Hall–Kier alpha value is -3.47. The van der Waals surface area contributed by atoms with E-state index in [2.05, 4.69) is 22.2 Å². The Labute approximate surface area is 233 Å². The van der Waals surface area contributed by atoms with E-state index in [1.165, 1.54) is 29.8 Å². The monoisotopic (exact) mass is 590 g/mol. The van der Waals surface area contributed by atoms with Gasteiger partial charge in [-0.3, -0.25) is 9.52 Å². The fourth-order valence-corrected chi connectivity index (χ4v) is 5.79. The van der Waals surface area contributed by atoms with Gasteiger partial charge >= 0.3 is 6.18 Å². The molecule has 0 atom stereocenters. The first-order chi connectivity index (χ1) is 18.5. The van der Waals surface area contributed by atoms with E-state index in [1.807, 2.05) is 30.3 Å². The Morgan fingerprint density at radius 1 is 0.795 bits per heavy atom. The molecule has 4 aromatic carbocycles. The van der Waals surface area contributed by atoms with Gasteiger partial charge in [0.25, 0.3) is 15.9 Å². The van der Waals surface area contributed by atoms with Crippen LogP contribution in [0.3, 0.4) is 0 Å². The maximum atomic E-state index is 13.1. The van der Waals surface area contributed by atoms with Crippen LogP contribution in [0.2, 0.25) is 5.02 Å². The van der Waals surface area contributed by atoms with Crippen molar-refractivity contribution in [1.82, 2.24) is 0 Å². The molecule has 2 N–H and O–H groups in total. The fraction of sp³-hybridized carbons (Fsp3) is 0.107. The van der Waals surface area contributed by atoms with Gasteiger partial charge in [-0.1, -0.05) is 54.1 Å². The number of amides is 1. The van der Waals surface area contributed by atoms with Gasteiger partial charge in [0.05, 0.1) is 15.5 Å². The molecule has 0 aliphatic rings. The second-order valence-electron chi connectivity index (χ2n) is 8.45. The second kappa shape index (κ2) is 12.1. The lowest BCUT2D eigenvalue weighted by Crippen LogP contribution is -2.15. The number of rotatable bonds is 9. The van der Waals surface area contributed by atoms with Gasteiger partial charge in [-0.25, -0.2) is 8.42 Å². The van der Waals surface area contributed by atoms with Crippen molar-refractivity contribution >= 4 is 50.7 Å². The third kappa shape index (κ3) is 7.78. The van der Waals surface area contributed by atoms with Crippen molar-refractivity contribution in [3.8, 4) is 0 Å². The molecular formula is C28H22ClF3N2O3S2. The van der Waals surface area contributed by atoms with E-state index in [9.17, 15) is 26.4 Å². The first-order valence-electron chi connectivity index (χ1n) is 11.5. The van der Waals surface area contributed by atoms with E-state index in [-0.39, 0.29) is 16.5 Å². The Morgan fingerprint density at radius 2 is 1.38 bits per heavy atom. The summed E-state index contributed by atoms with van der Waals surface area (Å²) in [5.41, 5.74) is 1.68. The van der Waals surface area contributed by atoms with Crippen molar-refractivity contribution in [3.63, 3.8) is 0 Å². The molecular weight excluding hydrogens is 569 g/mol. The van der Waals surface area contributed by atoms with Crippen molar-refractivity contribution in [2.24, 2.45) is 0 Å². The molecule has 0 radical (unpaired) electrons. The highest BCUT2D eigenvalue weighted by Gasteiger charge is 2.33. The summed E-state index contributed by atoms with van der Waals surface area (Å²) in [5.74, 6) is 1.32. The van der Waals surface area contributed by atoms with E-state index >= 15 is 0 Å². The third-order valence-electron chi connectivity index (χ3n) is 5.54. The summed E-state index contributed by atoms with van der Waals surface area (Å²) in [5, 5.41) is 2.16. The summed E-state index contributed by atoms with van der Waals surface area (Å²) in [4.78, 5) is 12.4. The Bertz CT molecular complexity index is 1550. The van der Waals surface area contributed by atoms with Crippen LogP contribution >= 0.6 is 23.4 Å². The van der Waals surface area contributed by atoms with Gasteiger partial charge in [-0.2, -0.15) is 24.9 Å². The fourth-order valence-electron chi connectivity index (χ4n) is 3.55. The SMILES string of the molecule is O=C(Nc1ccc(S(=O)(=O)Nc2ccc(Cl)c(C(F)(F)F)c2)cc1)c1ccc(CSCc2ccccc2)cc1. The van der Waals surface area contributed by atoms with Crippen LogP contribution in [0, 0.1) is 0 Å². The van der Waals surface area contributed by atoms with E-state index in [0.29, 0.717) is 17.3 Å². The molecule has 11 heteroatoms. The highest BCUT2D eigenvalue weighted by molar-refractivity contribution is 7.97. The summed E-state index contributed by atoms with van der Waals surface area (Å²) < 4.78 is 66.7. The molecule has 0 aromatic heterocycles. The number of carbonyl (C=O) groups excluding carboxylic acids is 1. The van der Waals surface area contributed by atoms with E-state index in [1.54, 1.807) is 23.9 Å². The lowest BCUT2D eigenvalue weighted by atomic mass is 10.1. The summed E-state index contributed by atoms with van der Waals surface area (Å²) in [7, 11) is -4.19. The van der Waals surface area contributed by atoms with Gasteiger partial charge in [0.15, 0.2) is 0 Å². The Morgan fingerprint density at radius 3 is 2.00 bits per heavy atom. The van der Waals surface area contributed by atoms with Gasteiger partial charge in [-0.15, -0.1) is 0 Å². The van der Waals surface area contributed by atoms with Gasteiger partial charge in [-0.05, 0) is 65.7 Å². The van der Waals surface area contributed by atoms with Gasteiger partial charge in [0.2, 0.25) is 0 Å². The van der Waals surface area contributed by atoms with E-state index < -0.39 is 26.8 Å². The summed E-state index contributed by atoms with van der Waals surface area (Å²) in [6.07, 6.45) is -4.74. The predicted octanol–water partition coefficient (Wildman–Crippen LogP) is 7.85. The third-order valence-corrected chi connectivity index (χ3v) is 8.34.